The maximum Gasteiger partial charge on any atom is 0.320 e. The van der Waals surface area contributed by atoms with Gasteiger partial charge in [0.25, 0.3) is 0 Å². The minimum atomic E-state index is -0.609. The van der Waals surface area contributed by atoms with Crippen LogP contribution in [0.1, 0.15) is 11.1 Å². The second-order valence-corrected chi connectivity index (χ2v) is 7.54. The molecule has 3 aromatic carbocycles. The fraction of sp³-hybridized carbons (Fsp3) is 0.0952. The van der Waals surface area contributed by atoms with Gasteiger partial charge in [-0.2, -0.15) is 0 Å². The summed E-state index contributed by atoms with van der Waals surface area (Å²) in [6.07, 6.45) is 0. The number of nitrogens with one attached hydrogen (secondary N) is 2. The number of alkyl halides is 1. The number of carbonyl (C=O) groups is 1. The Morgan fingerprint density at radius 1 is 0.846 bits per heavy atom. The summed E-state index contributed by atoms with van der Waals surface area (Å²) >= 11 is 5.73. The average molecular weight is 521 g/mol. The zero-order chi connectivity index (χ0) is 18.4. The number of benzene rings is 3. The molecule has 26 heavy (non-hydrogen) atoms. The van der Waals surface area contributed by atoms with Crippen LogP contribution in [-0.2, 0) is 5.54 Å². The Balaban J connectivity index is 1.93. The molecule has 0 aromatic heterocycles. The van der Waals surface area contributed by atoms with E-state index in [9.17, 15) is 4.79 Å². The topological polar surface area (TPSA) is 41.1 Å². The monoisotopic (exact) mass is 520 g/mol. The lowest BCUT2D eigenvalue weighted by Crippen LogP contribution is -2.49. The van der Waals surface area contributed by atoms with Crippen molar-refractivity contribution in [3.05, 3.63) is 101 Å². The van der Waals surface area contributed by atoms with Crippen LogP contribution in [0.3, 0.4) is 0 Å². The molecule has 0 aliphatic rings. The van der Waals surface area contributed by atoms with Crippen molar-refractivity contribution in [1.29, 1.82) is 0 Å². The predicted molar refractivity (Wildman–Crippen MR) is 119 cm³/mol. The lowest BCUT2D eigenvalue weighted by Gasteiger charge is -2.34. The third kappa shape index (κ3) is 4.27. The Morgan fingerprint density at radius 3 is 1.81 bits per heavy atom. The smallest absolute Gasteiger partial charge is 0.320 e. The Labute approximate surface area is 175 Å². The molecule has 0 atom stereocenters. The summed E-state index contributed by atoms with van der Waals surface area (Å²) in [7, 11) is 0. The molecule has 132 valence electrons. The van der Waals surface area contributed by atoms with Crippen molar-refractivity contribution in [3.63, 3.8) is 0 Å². The molecule has 0 saturated heterocycles. The number of rotatable bonds is 5. The van der Waals surface area contributed by atoms with Gasteiger partial charge in [0, 0.05) is 14.6 Å². The number of hydrogen-bond acceptors (Lipinski definition) is 1. The van der Waals surface area contributed by atoms with Crippen LogP contribution in [0, 0.1) is 0 Å². The van der Waals surface area contributed by atoms with Crippen molar-refractivity contribution < 1.29 is 4.79 Å². The molecule has 2 N–H and O–H groups in total. The maximum absolute atomic E-state index is 12.8. The van der Waals surface area contributed by atoms with E-state index < -0.39 is 5.54 Å². The minimum Gasteiger partial charge on any atom is -0.323 e. The van der Waals surface area contributed by atoms with Gasteiger partial charge in [0.15, 0.2) is 0 Å². The third-order valence-corrected chi connectivity index (χ3v) is 5.84. The molecule has 3 nitrogen and oxygen atoms in total. The molecule has 3 aromatic rings. The minimum absolute atomic E-state index is 0.239. The van der Waals surface area contributed by atoms with Gasteiger partial charge < -0.3 is 10.6 Å². The predicted octanol–water partition coefficient (Wildman–Crippen LogP) is 5.95. The van der Waals surface area contributed by atoms with E-state index in [0.717, 1.165) is 21.3 Å². The largest absolute Gasteiger partial charge is 0.323 e. The summed E-state index contributed by atoms with van der Waals surface area (Å²) in [5.74, 6) is 0. The lowest BCUT2D eigenvalue weighted by molar-refractivity contribution is 0.244. The molecule has 0 aliphatic heterocycles. The van der Waals surface area contributed by atoms with E-state index in [1.807, 2.05) is 84.9 Å². The van der Waals surface area contributed by atoms with Gasteiger partial charge in [-0.05, 0) is 35.4 Å². The van der Waals surface area contributed by atoms with E-state index in [1.165, 1.54) is 0 Å². The second kappa shape index (κ2) is 8.68. The molecule has 0 radical (unpaired) electrons. The highest BCUT2D eigenvalue weighted by Gasteiger charge is 2.34. The quantitative estimate of drug-likeness (QED) is 0.317. The van der Waals surface area contributed by atoms with Gasteiger partial charge in [0.1, 0.15) is 5.54 Å². The highest BCUT2D eigenvalue weighted by molar-refractivity contribution is 14.1. The first-order valence-electron chi connectivity index (χ1n) is 8.16. The number of hydrogen-bond donors (Lipinski definition) is 2. The molecule has 0 saturated carbocycles. The van der Waals surface area contributed by atoms with Crippen LogP contribution < -0.4 is 10.6 Å². The molecule has 5 heteroatoms. The summed E-state index contributed by atoms with van der Waals surface area (Å²) in [4.78, 5) is 12.8. The van der Waals surface area contributed by atoms with Crippen molar-refractivity contribution in [2.45, 2.75) is 5.54 Å². The summed E-state index contributed by atoms with van der Waals surface area (Å²) in [5, 5.41) is 6.13. The first-order valence-corrected chi connectivity index (χ1v) is 10.5. The first kappa shape index (κ1) is 18.9. The van der Waals surface area contributed by atoms with Gasteiger partial charge in [-0.15, -0.1) is 0 Å². The SMILES string of the molecule is O=C(Nc1ccc(Br)cc1)NC(CI)(c1ccccc1)c1ccccc1. The summed E-state index contributed by atoms with van der Waals surface area (Å²) in [5.41, 5.74) is 2.23. The molecule has 0 fully saturated rings. The van der Waals surface area contributed by atoms with Crippen LogP contribution in [-0.4, -0.2) is 10.5 Å². The number of halogens is 2. The molecule has 0 spiro atoms. The fourth-order valence-electron chi connectivity index (χ4n) is 2.83. The molecule has 0 aliphatic carbocycles. The number of amides is 2. The fourth-order valence-corrected chi connectivity index (χ4v) is 4.17. The molecular weight excluding hydrogens is 503 g/mol. The van der Waals surface area contributed by atoms with Crippen LogP contribution in [0.4, 0.5) is 10.5 Å². The molecule has 3 rings (SSSR count). The van der Waals surface area contributed by atoms with Crippen LogP contribution in [0.5, 0.6) is 0 Å². The van der Waals surface area contributed by atoms with Crippen molar-refractivity contribution in [1.82, 2.24) is 5.32 Å². The van der Waals surface area contributed by atoms with Gasteiger partial charge >= 0.3 is 6.03 Å². The van der Waals surface area contributed by atoms with Gasteiger partial charge in [0.05, 0.1) is 0 Å². The standard InChI is InChI=1S/C21H18BrIN2O/c22-18-11-13-19(14-12-18)24-20(26)25-21(15-23,16-7-3-1-4-8-16)17-9-5-2-6-10-17/h1-14H,15H2,(H2,24,25,26). The Morgan fingerprint density at radius 2 is 1.35 bits per heavy atom. The lowest BCUT2D eigenvalue weighted by atomic mass is 9.84. The number of carbonyl (C=O) groups excluding carboxylic acids is 1. The zero-order valence-corrected chi connectivity index (χ0v) is 17.7. The molecule has 0 unspecified atom stereocenters. The van der Waals surface area contributed by atoms with Crippen LogP contribution in [0.2, 0.25) is 0 Å². The van der Waals surface area contributed by atoms with E-state index in [2.05, 4.69) is 49.2 Å². The highest BCUT2D eigenvalue weighted by atomic mass is 127. The van der Waals surface area contributed by atoms with Crippen molar-refractivity contribution in [2.24, 2.45) is 0 Å². The van der Waals surface area contributed by atoms with Gasteiger partial charge in [-0.1, -0.05) is 99.2 Å². The Kier molecular flexibility index (Phi) is 6.32. The maximum atomic E-state index is 12.8. The summed E-state index contributed by atoms with van der Waals surface area (Å²) < 4.78 is 1.67. The number of anilines is 1. The van der Waals surface area contributed by atoms with E-state index in [1.54, 1.807) is 0 Å². The van der Waals surface area contributed by atoms with E-state index >= 15 is 0 Å². The van der Waals surface area contributed by atoms with E-state index in [0.29, 0.717) is 4.43 Å². The molecule has 0 bridgehead atoms. The van der Waals surface area contributed by atoms with E-state index in [4.69, 9.17) is 0 Å². The number of urea groups is 1. The van der Waals surface area contributed by atoms with Crippen molar-refractivity contribution in [3.8, 4) is 0 Å². The Hall–Kier alpha value is -1.86. The second-order valence-electron chi connectivity index (χ2n) is 5.86. The Bertz CT molecular complexity index is 815. The van der Waals surface area contributed by atoms with Gasteiger partial charge in [-0.3, -0.25) is 0 Å². The zero-order valence-electron chi connectivity index (χ0n) is 14.0. The van der Waals surface area contributed by atoms with Gasteiger partial charge in [0.2, 0.25) is 0 Å². The van der Waals surface area contributed by atoms with Crippen molar-refractivity contribution in [2.75, 3.05) is 9.74 Å². The normalized spacial score (nSPS) is 11.0. The summed E-state index contributed by atoms with van der Waals surface area (Å²) in [6.45, 7) is 0. The van der Waals surface area contributed by atoms with Crippen LogP contribution in [0.25, 0.3) is 0 Å². The van der Waals surface area contributed by atoms with Crippen molar-refractivity contribution >= 4 is 50.2 Å². The summed E-state index contributed by atoms with van der Waals surface area (Å²) in [6, 6.07) is 27.4. The molecular formula is C21H18BrIN2O. The van der Waals surface area contributed by atoms with E-state index in [-0.39, 0.29) is 6.03 Å². The average Bonchev–Trinajstić information content (AvgIpc) is 2.69. The van der Waals surface area contributed by atoms with Crippen LogP contribution >= 0.6 is 38.5 Å². The van der Waals surface area contributed by atoms with Gasteiger partial charge in [-0.25, -0.2) is 4.79 Å². The molecule has 2 amide bonds. The first-order chi connectivity index (χ1) is 12.6. The highest BCUT2D eigenvalue weighted by Crippen LogP contribution is 2.32. The third-order valence-electron chi connectivity index (χ3n) is 4.16. The molecule has 0 heterocycles. The van der Waals surface area contributed by atoms with Crippen LogP contribution in [0.15, 0.2) is 89.4 Å².